The molecule has 0 saturated carbocycles. The first-order valence-electron chi connectivity index (χ1n) is 31.4. The van der Waals surface area contributed by atoms with Gasteiger partial charge in [0, 0.05) is 12.8 Å². The molecule has 0 aliphatic heterocycles. The van der Waals surface area contributed by atoms with Crippen LogP contribution in [0.5, 0.6) is 0 Å². The van der Waals surface area contributed by atoms with Crippen LogP contribution in [0.25, 0.3) is 0 Å². The summed E-state index contributed by atoms with van der Waals surface area (Å²) >= 11 is 0. The molecular weight excluding hydrogens is 935 g/mol. The largest absolute Gasteiger partial charge is 0.545 e. The second-order valence-electron chi connectivity index (χ2n) is 22.3. The number of allylic oxidation sites excluding steroid dienone is 10. The highest BCUT2D eigenvalue weighted by Crippen LogP contribution is 2.16. The van der Waals surface area contributed by atoms with Gasteiger partial charge in [0.2, 0.25) is 0 Å². The van der Waals surface area contributed by atoms with Crippen LogP contribution in [0.3, 0.4) is 0 Å². The number of carbonyl (C=O) groups excluding carboxylic acids is 3. The Balaban J connectivity index is 4.20. The molecule has 0 fully saturated rings. The number of aliphatic carboxylic acids is 1. The number of nitrogens with zero attached hydrogens (tertiary/aromatic N) is 1. The molecule has 0 aromatic heterocycles. The molecule has 0 aromatic carbocycles. The van der Waals surface area contributed by atoms with Gasteiger partial charge in [0.1, 0.15) is 13.2 Å². The Labute approximate surface area is 463 Å². The van der Waals surface area contributed by atoms with Gasteiger partial charge >= 0.3 is 11.9 Å². The molecule has 9 heteroatoms. The molecule has 0 saturated heterocycles. The Hall–Kier alpha value is -3.01. The van der Waals surface area contributed by atoms with Crippen molar-refractivity contribution in [3.8, 4) is 0 Å². The second-order valence-corrected chi connectivity index (χ2v) is 22.3. The molecule has 0 rings (SSSR count). The molecule has 0 spiro atoms. The molecule has 0 radical (unpaired) electrons. The lowest BCUT2D eigenvalue weighted by Crippen LogP contribution is -2.44. The maximum atomic E-state index is 12.9. The molecule has 436 valence electrons. The molecule has 75 heavy (non-hydrogen) atoms. The maximum absolute atomic E-state index is 12.9. The summed E-state index contributed by atoms with van der Waals surface area (Å²) in [6.07, 6.45) is 69.8. The molecule has 0 aliphatic carbocycles. The zero-order chi connectivity index (χ0) is 54.8. The summed E-state index contributed by atoms with van der Waals surface area (Å²) in [5.41, 5.74) is 0. The topological polar surface area (TPSA) is 111 Å². The Morgan fingerprint density at radius 2 is 0.720 bits per heavy atom. The van der Waals surface area contributed by atoms with E-state index in [0.29, 0.717) is 17.4 Å². The third kappa shape index (κ3) is 58.5. The SMILES string of the molecule is CCCCCCC/C=C\C/C=C\C/C=C\CCCCCCCCCCCCC(=O)OC(COC(=O)CCCCCCCCCCCCCCC/C=C\C/C=C\CCCCCCC)COC(OCC[N+](C)(C)C)C(=O)[O-]. The van der Waals surface area contributed by atoms with Crippen LogP contribution in [-0.4, -0.2) is 82.3 Å². The van der Waals surface area contributed by atoms with Gasteiger partial charge in [-0.2, -0.15) is 0 Å². The van der Waals surface area contributed by atoms with Crippen molar-refractivity contribution < 1.29 is 42.9 Å². The van der Waals surface area contributed by atoms with E-state index in [2.05, 4.69) is 74.6 Å². The van der Waals surface area contributed by atoms with Crippen LogP contribution in [0.1, 0.15) is 284 Å². The number of hydrogen-bond acceptors (Lipinski definition) is 8. The number of unbranched alkanes of at least 4 members (excludes halogenated alkanes) is 33. The van der Waals surface area contributed by atoms with Crippen LogP contribution < -0.4 is 5.11 Å². The van der Waals surface area contributed by atoms with Crippen molar-refractivity contribution >= 4 is 17.9 Å². The average Bonchev–Trinajstić information content (AvgIpc) is 3.38. The van der Waals surface area contributed by atoms with E-state index < -0.39 is 24.3 Å². The first-order valence-corrected chi connectivity index (χ1v) is 31.4. The lowest BCUT2D eigenvalue weighted by molar-refractivity contribution is -0.870. The molecule has 0 amide bonds. The zero-order valence-electron chi connectivity index (χ0n) is 49.7. The zero-order valence-corrected chi connectivity index (χ0v) is 49.7. The van der Waals surface area contributed by atoms with E-state index in [-0.39, 0.29) is 38.6 Å². The van der Waals surface area contributed by atoms with Crippen molar-refractivity contribution in [1.29, 1.82) is 0 Å². The summed E-state index contributed by atoms with van der Waals surface area (Å²) in [5.74, 6) is -2.28. The third-order valence-electron chi connectivity index (χ3n) is 13.7. The molecule has 0 heterocycles. The van der Waals surface area contributed by atoms with Gasteiger partial charge in [-0.1, -0.05) is 248 Å². The van der Waals surface area contributed by atoms with Crippen molar-refractivity contribution in [1.82, 2.24) is 0 Å². The summed E-state index contributed by atoms with van der Waals surface area (Å²) in [5, 5.41) is 11.8. The highest BCUT2D eigenvalue weighted by Gasteiger charge is 2.22. The highest BCUT2D eigenvalue weighted by molar-refractivity contribution is 5.70. The fraction of sp³-hybridized carbons (Fsp3) is 0.803. The van der Waals surface area contributed by atoms with Crippen molar-refractivity contribution in [2.75, 3.05) is 47.5 Å². The van der Waals surface area contributed by atoms with E-state index in [1.807, 2.05) is 21.1 Å². The number of carboxylic acids is 1. The van der Waals surface area contributed by atoms with E-state index in [4.69, 9.17) is 18.9 Å². The number of ether oxygens (including phenoxy) is 4. The van der Waals surface area contributed by atoms with Gasteiger partial charge in [0.25, 0.3) is 0 Å². The monoisotopic (exact) mass is 1050 g/mol. The van der Waals surface area contributed by atoms with Crippen LogP contribution in [0.15, 0.2) is 60.8 Å². The number of carbonyl (C=O) groups is 3. The van der Waals surface area contributed by atoms with E-state index in [1.54, 1.807) is 0 Å². The standard InChI is InChI=1S/C66H119NO8/c1-6-8-10-12-14-16-18-20-22-24-26-28-30-32-34-36-38-40-42-44-46-48-50-52-54-56-63(68)73-60-62(61-74-66(65(70)71)72-59-58-67(3,4)5)75-64(69)57-55-53-51-49-47-45-43-41-39-37-35-33-31-29-27-25-23-21-19-17-15-13-11-9-7-2/h18-21,24-27,31,33,62,66H,6-17,22-23,28-30,32,34-61H2,1-5H3/b20-18-,21-19-,26-24-,27-25-,33-31-. The van der Waals surface area contributed by atoms with Crippen LogP contribution in [0, 0.1) is 0 Å². The Kier molecular flexibility index (Phi) is 54.9. The number of hydrogen-bond donors (Lipinski definition) is 0. The number of esters is 2. The molecule has 0 aliphatic rings. The predicted octanol–water partition coefficient (Wildman–Crippen LogP) is 17.5. The lowest BCUT2D eigenvalue weighted by Gasteiger charge is -2.26. The summed E-state index contributed by atoms with van der Waals surface area (Å²) < 4.78 is 22.8. The van der Waals surface area contributed by atoms with Gasteiger partial charge < -0.3 is 33.3 Å². The molecule has 0 bridgehead atoms. The van der Waals surface area contributed by atoms with E-state index in [0.717, 1.165) is 64.2 Å². The van der Waals surface area contributed by atoms with Gasteiger partial charge in [-0.3, -0.25) is 9.59 Å². The first-order chi connectivity index (χ1) is 36.6. The first kappa shape index (κ1) is 72.0. The number of likely N-dealkylation sites (N-methyl/N-ethyl adjacent to an activating group) is 1. The summed E-state index contributed by atoms with van der Waals surface area (Å²) in [6.45, 7) is 4.75. The van der Waals surface area contributed by atoms with Crippen molar-refractivity contribution in [2.24, 2.45) is 0 Å². The van der Waals surface area contributed by atoms with Gasteiger partial charge in [0.15, 0.2) is 12.4 Å². The number of carboxylic acid groups (broad SMARTS) is 1. The molecule has 2 atom stereocenters. The lowest BCUT2D eigenvalue weighted by atomic mass is 10.0. The number of rotatable bonds is 58. The van der Waals surface area contributed by atoms with Crippen LogP contribution in [-0.2, 0) is 33.3 Å². The summed E-state index contributed by atoms with van der Waals surface area (Å²) in [4.78, 5) is 37.4. The highest BCUT2D eigenvalue weighted by atomic mass is 16.7. The molecule has 0 aromatic rings. The van der Waals surface area contributed by atoms with Crippen LogP contribution in [0.2, 0.25) is 0 Å². The quantitative estimate of drug-likeness (QED) is 0.0195. The normalized spacial score (nSPS) is 13.1. The maximum Gasteiger partial charge on any atom is 0.306 e. The van der Waals surface area contributed by atoms with E-state index in [9.17, 15) is 19.5 Å². The van der Waals surface area contributed by atoms with Gasteiger partial charge in [0.05, 0.1) is 40.3 Å². The van der Waals surface area contributed by atoms with Crippen molar-refractivity contribution in [2.45, 2.75) is 296 Å². The van der Waals surface area contributed by atoms with Crippen molar-refractivity contribution in [3.05, 3.63) is 60.8 Å². The Bertz CT molecular complexity index is 1410. The molecular formula is C66H119NO8. The summed E-state index contributed by atoms with van der Waals surface area (Å²) in [7, 11) is 5.93. The van der Waals surface area contributed by atoms with Gasteiger partial charge in [-0.15, -0.1) is 0 Å². The Morgan fingerprint density at radius 3 is 1.07 bits per heavy atom. The predicted molar refractivity (Wildman–Crippen MR) is 315 cm³/mol. The van der Waals surface area contributed by atoms with Crippen LogP contribution >= 0.6 is 0 Å². The van der Waals surface area contributed by atoms with E-state index >= 15 is 0 Å². The van der Waals surface area contributed by atoms with Crippen molar-refractivity contribution in [3.63, 3.8) is 0 Å². The molecule has 0 N–H and O–H groups in total. The van der Waals surface area contributed by atoms with Gasteiger partial charge in [-0.25, -0.2) is 0 Å². The number of quaternary nitrogens is 1. The average molecular weight is 1050 g/mol. The fourth-order valence-electron chi connectivity index (χ4n) is 8.87. The second kappa shape index (κ2) is 57.2. The minimum absolute atomic E-state index is 0.146. The van der Waals surface area contributed by atoms with E-state index in [1.165, 1.54) is 186 Å². The Morgan fingerprint density at radius 1 is 0.400 bits per heavy atom. The minimum atomic E-state index is -1.62. The summed E-state index contributed by atoms with van der Waals surface area (Å²) in [6, 6.07) is 0. The third-order valence-corrected chi connectivity index (χ3v) is 13.7. The smallest absolute Gasteiger partial charge is 0.306 e. The minimum Gasteiger partial charge on any atom is -0.545 e. The van der Waals surface area contributed by atoms with Crippen LogP contribution in [0.4, 0.5) is 0 Å². The molecule has 9 nitrogen and oxygen atoms in total. The fourth-order valence-corrected chi connectivity index (χ4v) is 8.87. The molecule has 2 unspecified atom stereocenters. The van der Waals surface area contributed by atoms with Gasteiger partial charge in [-0.05, 0) is 83.5 Å².